The van der Waals surface area contributed by atoms with Gasteiger partial charge >= 0.3 is 12.2 Å². The van der Waals surface area contributed by atoms with Crippen molar-refractivity contribution in [3.8, 4) is 0 Å². The minimum absolute atomic E-state index is 0.0248. The predicted octanol–water partition coefficient (Wildman–Crippen LogP) is 3.10. The second kappa shape index (κ2) is 7.12. The zero-order chi connectivity index (χ0) is 21.6. The number of alkyl halides is 3. The third-order valence-corrected chi connectivity index (χ3v) is 5.65. The van der Waals surface area contributed by atoms with E-state index in [4.69, 9.17) is 0 Å². The molecule has 1 aliphatic heterocycles. The number of ketones is 1. The first-order valence-electron chi connectivity index (χ1n) is 8.14. The number of non-ortho nitro benzene ring substituents is 1. The SMILES string of the molecule is CN1C(=O)N[C@H](c2cccc([N+](=O)[O-])c2)[C@H](C(=O)c2cccs2)[C@]1(O)C(F)(F)F. The molecule has 3 rings (SSSR count). The number of amides is 2. The average Bonchev–Trinajstić information content (AvgIpc) is 3.19. The van der Waals surface area contributed by atoms with E-state index < -0.39 is 46.3 Å². The van der Waals surface area contributed by atoms with Gasteiger partial charge in [0.2, 0.25) is 0 Å². The lowest BCUT2D eigenvalue weighted by molar-refractivity contribution is -0.385. The van der Waals surface area contributed by atoms with Crippen LogP contribution in [0.15, 0.2) is 41.8 Å². The van der Waals surface area contributed by atoms with Gasteiger partial charge in [0.1, 0.15) is 5.92 Å². The van der Waals surface area contributed by atoms with Gasteiger partial charge in [-0.2, -0.15) is 13.2 Å². The molecule has 2 N–H and O–H groups in total. The fourth-order valence-electron chi connectivity index (χ4n) is 3.29. The van der Waals surface area contributed by atoms with Gasteiger partial charge in [0.25, 0.3) is 11.4 Å². The Morgan fingerprint density at radius 3 is 2.59 bits per heavy atom. The maximum atomic E-state index is 14.0. The Labute approximate surface area is 165 Å². The van der Waals surface area contributed by atoms with Gasteiger partial charge in [-0.3, -0.25) is 19.8 Å². The lowest BCUT2D eigenvalue weighted by atomic mass is 9.78. The van der Waals surface area contributed by atoms with Gasteiger partial charge in [-0.05, 0) is 17.0 Å². The minimum atomic E-state index is -5.38. The number of hydrogen-bond acceptors (Lipinski definition) is 6. The first-order valence-corrected chi connectivity index (χ1v) is 9.02. The normalized spacial score (nSPS) is 24.9. The van der Waals surface area contributed by atoms with Gasteiger partial charge in [0.05, 0.1) is 15.8 Å². The van der Waals surface area contributed by atoms with E-state index in [9.17, 15) is 38.0 Å². The van der Waals surface area contributed by atoms with E-state index in [1.54, 1.807) is 0 Å². The van der Waals surface area contributed by atoms with Crippen LogP contribution in [-0.4, -0.2) is 45.7 Å². The quantitative estimate of drug-likeness (QED) is 0.441. The molecule has 2 heterocycles. The standard InChI is InChI=1S/C17H14F3N3O5S/c1-22-15(25)21-13(9-4-2-5-10(8-9)23(27)28)12(16(22,26)17(18,19)20)14(24)11-6-3-7-29-11/h2-8,12-13,26H,1H3,(H,21,25)/t12-,13-,16+/m1/s1. The molecule has 0 saturated carbocycles. The Balaban J connectivity index is 2.22. The summed E-state index contributed by atoms with van der Waals surface area (Å²) in [5, 5.41) is 25.5. The molecule has 1 fully saturated rings. The number of rotatable bonds is 4. The molecule has 1 aromatic heterocycles. The lowest BCUT2D eigenvalue weighted by Crippen LogP contribution is -2.72. The van der Waals surface area contributed by atoms with Gasteiger partial charge in [-0.25, -0.2) is 4.79 Å². The second-order valence-corrected chi connectivity index (χ2v) is 7.33. The Kier molecular flexibility index (Phi) is 5.09. The van der Waals surface area contributed by atoms with Crippen molar-refractivity contribution in [2.45, 2.75) is 17.9 Å². The molecule has 3 atom stereocenters. The fourth-order valence-corrected chi connectivity index (χ4v) is 3.99. The number of hydrogen-bond donors (Lipinski definition) is 2. The summed E-state index contributed by atoms with van der Waals surface area (Å²) in [6.07, 6.45) is -5.38. The van der Waals surface area contributed by atoms with Crippen molar-refractivity contribution < 1.29 is 32.8 Å². The number of carbonyl (C=O) groups is 2. The number of carbonyl (C=O) groups excluding carboxylic acids is 2. The molecule has 1 saturated heterocycles. The highest BCUT2D eigenvalue weighted by Gasteiger charge is 2.69. The van der Waals surface area contributed by atoms with Crippen LogP contribution in [0.1, 0.15) is 21.3 Å². The number of benzene rings is 1. The van der Waals surface area contributed by atoms with Crippen LogP contribution in [0.5, 0.6) is 0 Å². The monoisotopic (exact) mass is 429 g/mol. The fraction of sp³-hybridized carbons (Fsp3) is 0.294. The van der Waals surface area contributed by atoms with E-state index >= 15 is 0 Å². The number of nitrogens with zero attached hydrogens (tertiary/aromatic N) is 2. The molecule has 0 spiro atoms. The first-order chi connectivity index (χ1) is 13.5. The highest BCUT2D eigenvalue weighted by atomic mass is 32.1. The topological polar surface area (TPSA) is 113 Å². The molecule has 2 amide bonds. The zero-order valence-electron chi connectivity index (χ0n) is 14.7. The Hall–Kier alpha value is -2.99. The van der Waals surface area contributed by atoms with Crippen LogP contribution in [0.2, 0.25) is 0 Å². The number of urea groups is 1. The molecule has 12 heteroatoms. The van der Waals surface area contributed by atoms with E-state index in [0.29, 0.717) is 0 Å². The van der Waals surface area contributed by atoms with E-state index in [1.165, 1.54) is 29.6 Å². The summed E-state index contributed by atoms with van der Waals surface area (Å²) < 4.78 is 41.9. The number of aliphatic hydroxyl groups is 1. The molecular formula is C17H14F3N3O5S. The largest absolute Gasteiger partial charge is 0.437 e. The molecule has 2 aromatic rings. The van der Waals surface area contributed by atoms with Crippen molar-refractivity contribution in [2.75, 3.05) is 7.05 Å². The highest BCUT2D eigenvalue weighted by molar-refractivity contribution is 7.12. The summed E-state index contributed by atoms with van der Waals surface area (Å²) >= 11 is 0.876. The summed E-state index contributed by atoms with van der Waals surface area (Å²) in [4.78, 5) is 35.5. The summed E-state index contributed by atoms with van der Waals surface area (Å²) in [6, 6.07) is 4.36. The van der Waals surface area contributed by atoms with Crippen molar-refractivity contribution >= 4 is 28.8 Å². The second-order valence-electron chi connectivity index (χ2n) is 6.38. The van der Waals surface area contributed by atoms with Gasteiger partial charge in [-0.1, -0.05) is 18.2 Å². The van der Waals surface area contributed by atoms with Crippen molar-refractivity contribution in [2.24, 2.45) is 5.92 Å². The van der Waals surface area contributed by atoms with Crippen molar-refractivity contribution in [3.05, 3.63) is 62.3 Å². The molecule has 8 nitrogen and oxygen atoms in total. The summed E-state index contributed by atoms with van der Waals surface area (Å²) in [5.74, 6) is -3.26. The van der Waals surface area contributed by atoms with Crippen LogP contribution in [0.25, 0.3) is 0 Å². The van der Waals surface area contributed by atoms with Crippen LogP contribution < -0.4 is 5.32 Å². The van der Waals surface area contributed by atoms with Crippen LogP contribution >= 0.6 is 11.3 Å². The van der Waals surface area contributed by atoms with E-state index in [0.717, 1.165) is 30.5 Å². The summed E-state index contributed by atoms with van der Waals surface area (Å²) in [5.41, 5.74) is -4.38. The van der Waals surface area contributed by atoms with Gasteiger partial charge in [0, 0.05) is 19.2 Å². The number of Topliss-reactive ketones (excluding diaryl/α,β-unsaturated/α-hetero) is 1. The smallest absolute Gasteiger partial charge is 0.363 e. The number of nitro groups is 1. The van der Waals surface area contributed by atoms with E-state index in [1.807, 2.05) is 0 Å². The molecule has 1 aromatic carbocycles. The molecule has 0 unspecified atom stereocenters. The van der Waals surface area contributed by atoms with Crippen molar-refractivity contribution in [1.29, 1.82) is 0 Å². The summed E-state index contributed by atoms with van der Waals surface area (Å²) in [7, 11) is 0.723. The predicted molar refractivity (Wildman–Crippen MR) is 95.3 cm³/mol. The minimum Gasteiger partial charge on any atom is -0.363 e. The van der Waals surface area contributed by atoms with Gasteiger partial charge in [0.15, 0.2) is 5.78 Å². The van der Waals surface area contributed by atoms with Crippen LogP contribution in [0, 0.1) is 16.0 Å². The molecule has 0 bridgehead atoms. The molecular weight excluding hydrogens is 415 g/mol. The lowest BCUT2D eigenvalue weighted by Gasteiger charge is -2.49. The Bertz CT molecular complexity index is 965. The first kappa shape index (κ1) is 20.7. The number of nitro benzene ring substituents is 1. The maximum absolute atomic E-state index is 14.0. The van der Waals surface area contributed by atoms with Crippen LogP contribution in [0.4, 0.5) is 23.7 Å². The van der Waals surface area contributed by atoms with Gasteiger partial charge in [-0.15, -0.1) is 11.3 Å². The summed E-state index contributed by atoms with van der Waals surface area (Å²) in [6.45, 7) is 0. The maximum Gasteiger partial charge on any atom is 0.437 e. The Morgan fingerprint density at radius 2 is 2.03 bits per heavy atom. The van der Waals surface area contributed by atoms with E-state index in [2.05, 4.69) is 5.32 Å². The van der Waals surface area contributed by atoms with Gasteiger partial charge < -0.3 is 10.4 Å². The number of halogens is 3. The number of nitrogens with one attached hydrogen (secondary N) is 1. The van der Waals surface area contributed by atoms with Crippen LogP contribution in [0.3, 0.4) is 0 Å². The third-order valence-electron chi connectivity index (χ3n) is 4.77. The molecule has 0 radical (unpaired) electrons. The van der Waals surface area contributed by atoms with Crippen molar-refractivity contribution in [1.82, 2.24) is 10.2 Å². The highest BCUT2D eigenvalue weighted by Crippen LogP contribution is 2.48. The molecule has 0 aliphatic carbocycles. The zero-order valence-corrected chi connectivity index (χ0v) is 15.5. The molecule has 154 valence electrons. The molecule has 1 aliphatic rings. The van der Waals surface area contributed by atoms with Crippen molar-refractivity contribution in [3.63, 3.8) is 0 Å². The van der Waals surface area contributed by atoms with Crippen LogP contribution in [-0.2, 0) is 0 Å². The number of thiophene rings is 1. The Morgan fingerprint density at radius 1 is 1.34 bits per heavy atom. The van der Waals surface area contributed by atoms with E-state index in [-0.39, 0.29) is 15.3 Å². The average molecular weight is 429 g/mol. The third kappa shape index (κ3) is 3.34. The molecule has 29 heavy (non-hydrogen) atoms.